The van der Waals surface area contributed by atoms with Crippen LogP contribution >= 0.6 is 27.3 Å². The number of hydrogen-bond donors (Lipinski definition) is 2. The van der Waals surface area contributed by atoms with Gasteiger partial charge < -0.3 is 5.32 Å². The lowest BCUT2D eigenvalue weighted by molar-refractivity contribution is -0.122. The van der Waals surface area contributed by atoms with Crippen LogP contribution in [0.4, 0.5) is 0 Å². The molecular formula is C15H15BrN2O3S2. The van der Waals surface area contributed by atoms with Gasteiger partial charge >= 0.3 is 0 Å². The molecular weight excluding hydrogens is 400 g/mol. The van der Waals surface area contributed by atoms with Crippen molar-refractivity contribution < 1.29 is 13.2 Å². The third-order valence-electron chi connectivity index (χ3n) is 3.79. The minimum absolute atomic E-state index is 0.00342. The first-order chi connectivity index (χ1) is 10.9. The lowest BCUT2D eigenvalue weighted by atomic mass is 10.1. The summed E-state index contributed by atoms with van der Waals surface area (Å²) < 4.78 is 23.6. The van der Waals surface area contributed by atoms with Crippen molar-refractivity contribution >= 4 is 43.2 Å². The monoisotopic (exact) mass is 414 g/mol. The molecule has 2 atom stereocenters. The van der Waals surface area contributed by atoms with Crippen molar-refractivity contribution in [1.82, 2.24) is 5.32 Å². The summed E-state index contributed by atoms with van der Waals surface area (Å²) in [6.45, 7) is 0.318. The molecule has 1 fully saturated rings. The number of amides is 1. The molecule has 8 heteroatoms. The molecule has 23 heavy (non-hydrogen) atoms. The zero-order valence-corrected chi connectivity index (χ0v) is 15.2. The number of halogens is 1. The number of rotatable bonds is 5. The average molecular weight is 415 g/mol. The number of nitrogens with one attached hydrogen (secondary N) is 1. The Bertz CT molecular complexity index is 848. The number of thiophene rings is 1. The van der Waals surface area contributed by atoms with Crippen molar-refractivity contribution in [3.8, 4) is 0 Å². The summed E-state index contributed by atoms with van der Waals surface area (Å²) >= 11 is 4.59. The van der Waals surface area contributed by atoms with Gasteiger partial charge in [-0.3, -0.25) is 4.79 Å². The van der Waals surface area contributed by atoms with Gasteiger partial charge in [0.2, 0.25) is 15.9 Å². The van der Waals surface area contributed by atoms with Crippen molar-refractivity contribution in [3.05, 3.63) is 51.3 Å². The first kappa shape index (κ1) is 16.6. The molecule has 0 spiro atoms. The summed E-state index contributed by atoms with van der Waals surface area (Å²) in [6, 6.07) is 11.0. The van der Waals surface area contributed by atoms with Gasteiger partial charge in [-0.05, 0) is 36.1 Å². The van der Waals surface area contributed by atoms with E-state index in [-0.39, 0.29) is 22.0 Å². The van der Waals surface area contributed by atoms with Crippen LogP contribution in [0.5, 0.6) is 0 Å². The normalized spacial score (nSPS) is 20.3. The average Bonchev–Trinajstić information content (AvgIpc) is 3.12. The number of nitrogens with two attached hydrogens (primary N) is 1. The molecule has 0 aliphatic heterocycles. The third-order valence-corrected chi connectivity index (χ3v) is 7.03. The molecule has 3 rings (SSSR count). The van der Waals surface area contributed by atoms with E-state index in [0.29, 0.717) is 6.54 Å². The molecule has 0 radical (unpaired) electrons. The summed E-state index contributed by atoms with van der Waals surface area (Å²) in [7, 11) is -3.67. The van der Waals surface area contributed by atoms with E-state index in [9.17, 15) is 13.2 Å². The highest BCUT2D eigenvalue weighted by atomic mass is 79.9. The highest BCUT2D eigenvalue weighted by molar-refractivity contribution is 9.10. The second kappa shape index (κ2) is 6.35. The van der Waals surface area contributed by atoms with Crippen LogP contribution in [0, 0.1) is 5.92 Å². The van der Waals surface area contributed by atoms with Crippen LogP contribution in [0.15, 0.2) is 45.1 Å². The molecule has 1 amide bonds. The lowest BCUT2D eigenvalue weighted by Crippen LogP contribution is -2.24. The van der Waals surface area contributed by atoms with Gasteiger partial charge in [0.1, 0.15) is 4.21 Å². The van der Waals surface area contributed by atoms with Gasteiger partial charge in [-0.1, -0.05) is 34.1 Å². The summed E-state index contributed by atoms with van der Waals surface area (Å²) in [5, 5.41) is 7.94. The van der Waals surface area contributed by atoms with E-state index < -0.39 is 10.0 Å². The van der Waals surface area contributed by atoms with Crippen LogP contribution in [0.1, 0.15) is 22.8 Å². The van der Waals surface area contributed by atoms with E-state index in [1.54, 1.807) is 6.07 Å². The zero-order valence-electron chi connectivity index (χ0n) is 12.0. The third kappa shape index (κ3) is 3.82. The Morgan fingerprint density at radius 2 is 2.04 bits per heavy atom. The predicted molar refractivity (Wildman–Crippen MR) is 92.5 cm³/mol. The van der Waals surface area contributed by atoms with E-state index in [4.69, 9.17) is 5.14 Å². The first-order valence-electron chi connectivity index (χ1n) is 7.00. The second-order valence-electron chi connectivity index (χ2n) is 5.45. The maximum Gasteiger partial charge on any atom is 0.247 e. The van der Waals surface area contributed by atoms with Gasteiger partial charge in [0.05, 0.1) is 6.54 Å². The van der Waals surface area contributed by atoms with Crippen LogP contribution in [0.25, 0.3) is 0 Å². The molecule has 122 valence electrons. The van der Waals surface area contributed by atoms with Crippen LogP contribution in [-0.2, 0) is 21.4 Å². The molecule has 2 aromatic rings. The number of sulfonamides is 1. The van der Waals surface area contributed by atoms with Crippen molar-refractivity contribution in [2.75, 3.05) is 0 Å². The standard InChI is InChI=1S/C15H15BrN2O3S2/c16-13-4-2-1-3-10(13)11-7-12(11)15(19)18-8-9-5-6-14(22-9)23(17,20)21/h1-6,11-12H,7-8H2,(H,18,19)(H2,17,20,21). The fraction of sp³-hybridized carbons (Fsp3) is 0.267. The van der Waals surface area contributed by atoms with Crippen molar-refractivity contribution in [2.24, 2.45) is 11.1 Å². The van der Waals surface area contributed by atoms with E-state index in [1.807, 2.05) is 24.3 Å². The molecule has 0 saturated heterocycles. The largest absolute Gasteiger partial charge is 0.351 e. The van der Waals surface area contributed by atoms with Crippen LogP contribution in [0.3, 0.4) is 0 Å². The molecule has 1 saturated carbocycles. The van der Waals surface area contributed by atoms with E-state index in [2.05, 4.69) is 21.2 Å². The molecule has 0 bridgehead atoms. The molecule has 5 nitrogen and oxygen atoms in total. The van der Waals surface area contributed by atoms with Gasteiger partial charge in [-0.15, -0.1) is 11.3 Å². The molecule has 1 aromatic carbocycles. The second-order valence-corrected chi connectivity index (χ2v) is 9.26. The summed E-state index contributed by atoms with van der Waals surface area (Å²) in [5.74, 6) is 0.219. The van der Waals surface area contributed by atoms with Crippen LogP contribution < -0.4 is 10.5 Å². The predicted octanol–water partition coefficient (Wildman–Crippen LogP) is 2.58. The van der Waals surface area contributed by atoms with Crippen molar-refractivity contribution in [2.45, 2.75) is 23.1 Å². The van der Waals surface area contributed by atoms with Crippen LogP contribution in [0.2, 0.25) is 0 Å². The highest BCUT2D eigenvalue weighted by Crippen LogP contribution is 2.49. The Hall–Kier alpha value is -1.22. The molecule has 1 aliphatic carbocycles. The molecule has 1 heterocycles. The maximum absolute atomic E-state index is 12.2. The highest BCUT2D eigenvalue weighted by Gasteiger charge is 2.44. The number of carbonyl (C=O) groups is 1. The molecule has 2 unspecified atom stereocenters. The molecule has 1 aliphatic rings. The Morgan fingerprint density at radius 1 is 1.30 bits per heavy atom. The molecule has 3 N–H and O–H groups in total. The van der Waals surface area contributed by atoms with Gasteiger partial charge in [0.15, 0.2) is 0 Å². The smallest absolute Gasteiger partial charge is 0.247 e. The number of benzene rings is 1. The Labute approximate surface area is 147 Å². The summed E-state index contributed by atoms with van der Waals surface area (Å²) in [5.41, 5.74) is 1.15. The lowest BCUT2D eigenvalue weighted by Gasteiger charge is -2.05. The Morgan fingerprint density at radius 3 is 2.70 bits per heavy atom. The zero-order chi connectivity index (χ0) is 16.6. The van der Waals surface area contributed by atoms with Gasteiger partial charge in [0.25, 0.3) is 0 Å². The fourth-order valence-electron chi connectivity index (χ4n) is 2.52. The van der Waals surface area contributed by atoms with Crippen molar-refractivity contribution in [1.29, 1.82) is 0 Å². The van der Waals surface area contributed by atoms with E-state index in [0.717, 1.165) is 32.7 Å². The summed E-state index contributed by atoms with van der Waals surface area (Å²) in [6.07, 6.45) is 0.835. The Kier molecular flexibility index (Phi) is 4.59. The number of carbonyl (C=O) groups excluding carboxylic acids is 1. The van der Waals surface area contributed by atoms with E-state index >= 15 is 0 Å². The van der Waals surface area contributed by atoms with Gasteiger partial charge in [0, 0.05) is 15.3 Å². The minimum atomic E-state index is -3.67. The SMILES string of the molecule is NS(=O)(=O)c1ccc(CNC(=O)C2CC2c2ccccc2Br)s1. The molecule has 1 aromatic heterocycles. The quantitative estimate of drug-likeness (QED) is 0.787. The first-order valence-corrected chi connectivity index (χ1v) is 10.2. The maximum atomic E-state index is 12.2. The van der Waals surface area contributed by atoms with Gasteiger partial charge in [-0.2, -0.15) is 0 Å². The number of hydrogen-bond acceptors (Lipinski definition) is 4. The summed E-state index contributed by atoms with van der Waals surface area (Å²) in [4.78, 5) is 13.0. The number of primary sulfonamides is 1. The van der Waals surface area contributed by atoms with Gasteiger partial charge in [-0.25, -0.2) is 13.6 Å². The fourth-order valence-corrected chi connectivity index (χ4v) is 4.81. The van der Waals surface area contributed by atoms with E-state index in [1.165, 1.54) is 6.07 Å². The Balaban J connectivity index is 1.57. The topological polar surface area (TPSA) is 89.3 Å². The van der Waals surface area contributed by atoms with Crippen molar-refractivity contribution in [3.63, 3.8) is 0 Å². The van der Waals surface area contributed by atoms with Crippen LogP contribution in [-0.4, -0.2) is 14.3 Å². The minimum Gasteiger partial charge on any atom is -0.351 e.